The first-order valence-corrected chi connectivity index (χ1v) is 6.94. The first-order valence-electron chi connectivity index (χ1n) is 6.94. The third-order valence-electron chi connectivity index (χ3n) is 4.20. The van der Waals surface area contributed by atoms with E-state index in [0.29, 0.717) is 12.6 Å². The normalized spacial score (nSPS) is 30.0. The molecule has 0 radical (unpaired) electrons. The highest BCUT2D eigenvalue weighted by Crippen LogP contribution is 2.25. The Morgan fingerprint density at radius 1 is 1.12 bits per heavy atom. The van der Waals surface area contributed by atoms with E-state index in [1.54, 1.807) is 0 Å². The Labute approximate surface area is 99.4 Å². The number of hydrogen-bond acceptors (Lipinski definition) is 3. The van der Waals surface area contributed by atoms with E-state index in [-0.39, 0.29) is 0 Å². The Morgan fingerprint density at radius 3 is 2.50 bits per heavy atom. The van der Waals surface area contributed by atoms with Crippen LogP contribution in [0.25, 0.3) is 0 Å². The average molecular weight is 226 g/mol. The van der Waals surface area contributed by atoms with E-state index in [1.807, 2.05) is 0 Å². The molecule has 2 aliphatic heterocycles. The molecule has 2 fully saturated rings. The molecule has 3 heteroatoms. The van der Waals surface area contributed by atoms with Crippen molar-refractivity contribution in [1.29, 1.82) is 0 Å². The van der Waals surface area contributed by atoms with Crippen molar-refractivity contribution in [3.05, 3.63) is 0 Å². The van der Waals surface area contributed by atoms with Crippen molar-refractivity contribution in [3.63, 3.8) is 0 Å². The van der Waals surface area contributed by atoms with Crippen LogP contribution in [0.1, 0.15) is 39.0 Å². The van der Waals surface area contributed by atoms with Crippen molar-refractivity contribution in [3.8, 4) is 0 Å². The van der Waals surface area contributed by atoms with Gasteiger partial charge in [0.05, 0.1) is 6.61 Å². The third kappa shape index (κ3) is 2.76. The van der Waals surface area contributed by atoms with E-state index in [0.717, 1.165) is 6.04 Å². The van der Waals surface area contributed by atoms with Gasteiger partial charge in [-0.25, -0.2) is 0 Å². The monoisotopic (exact) mass is 226 g/mol. The van der Waals surface area contributed by atoms with E-state index < -0.39 is 0 Å². The lowest BCUT2D eigenvalue weighted by molar-refractivity contribution is 0.0731. The molecule has 0 aromatic heterocycles. The van der Waals surface area contributed by atoms with Crippen molar-refractivity contribution in [2.75, 3.05) is 32.8 Å². The number of piperidine rings is 1. The van der Waals surface area contributed by atoms with Crippen LogP contribution < -0.4 is 0 Å². The van der Waals surface area contributed by atoms with Crippen LogP contribution in [0.3, 0.4) is 0 Å². The maximum atomic E-state index is 9.35. The predicted octanol–water partition coefficient (Wildman–Crippen LogP) is 1.32. The summed E-state index contributed by atoms with van der Waals surface area (Å²) in [5.74, 6) is 0. The fraction of sp³-hybridized carbons (Fsp3) is 1.00. The maximum Gasteiger partial charge on any atom is 0.0586 e. The summed E-state index contributed by atoms with van der Waals surface area (Å²) in [7, 11) is 0. The third-order valence-corrected chi connectivity index (χ3v) is 4.20. The number of rotatable bonds is 4. The van der Waals surface area contributed by atoms with E-state index in [4.69, 9.17) is 0 Å². The van der Waals surface area contributed by atoms with E-state index in [1.165, 1.54) is 58.3 Å². The zero-order chi connectivity index (χ0) is 11.4. The number of aliphatic hydroxyl groups excluding tert-OH is 1. The Bertz CT molecular complexity index is 202. The largest absolute Gasteiger partial charge is 0.395 e. The lowest BCUT2D eigenvalue weighted by atomic mass is 10.0. The zero-order valence-corrected chi connectivity index (χ0v) is 10.6. The highest BCUT2D eigenvalue weighted by Gasteiger charge is 2.31. The Balaban J connectivity index is 1.79. The standard InChI is InChI=1S/C13H26N2O/c1-2-7-14-9-5-12(6-10-14)15-8-3-4-13(15)11-16/h12-13,16H,2-11H2,1H3/t13-/m0/s1. The Hall–Kier alpha value is -0.120. The second-order valence-electron chi connectivity index (χ2n) is 5.29. The SMILES string of the molecule is CCCN1CCC(N2CCC[C@H]2CO)CC1. The Kier molecular flexibility index (Phi) is 4.62. The van der Waals surface area contributed by atoms with E-state index in [9.17, 15) is 5.11 Å². The summed E-state index contributed by atoms with van der Waals surface area (Å²) in [6.07, 6.45) is 6.35. The van der Waals surface area contributed by atoms with Gasteiger partial charge in [-0.05, 0) is 58.3 Å². The van der Waals surface area contributed by atoms with Crippen molar-refractivity contribution in [2.45, 2.75) is 51.1 Å². The first kappa shape index (κ1) is 12.3. The summed E-state index contributed by atoms with van der Waals surface area (Å²) in [4.78, 5) is 5.16. The van der Waals surface area contributed by atoms with Gasteiger partial charge in [-0.15, -0.1) is 0 Å². The molecule has 0 bridgehead atoms. The molecule has 0 aromatic rings. The van der Waals surface area contributed by atoms with Gasteiger partial charge >= 0.3 is 0 Å². The molecule has 2 aliphatic rings. The summed E-state index contributed by atoms with van der Waals surface area (Å²) in [6, 6.07) is 1.20. The lowest BCUT2D eigenvalue weighted by Gasteiger charge is -2.39. The molecule has 2 heterocycles. The molecule has 0 spiro atoms. The maximum absolute atomic E-state index is 9.35. The molecule has 2 saturated heterocycles. The number of nitrogens with zero attached hydrogens (tertiary/aromatic N) is 2. The van der Waals surface area contributed by atoms with Gasteiger partial charge in [0.15, 0.2) is 0 Å². The molecule has 1 atom stereocenters. The first-order chi connectivity index (χ1) is 7.85. The average Bonchev–Trinajstić information content (AvgIpc) is 2.78. The molecular formula is C13H26N2O. The molecule has 0 aliphatic carbocycles. The van der Waals surface area contributed by atoms with Crippen LogP contribution in [0.15, 0.2) is 0 Å². The lowest BCUT2D eigenvalue weighted by Crippen LogP contribution is -2.47. The molecule has 0 unspecified atom stereocenters. The van der Waals surface area contributed by atoms with Gasteiger partial charge in [0.1, 0.15) is 0 Å². The molecule has 94 valence electrons. The highest BCUT2D eigenvalue weighted by atomic mass is 16.3. The highest BCUT2D eigenvalue weighted by molar-refractivity contribution is 4.87. The van der Waals surface area contributed by atoms with Gasteiger partial charge in [0, 0.05) is 12.1 Å². The molecule has 0 saturated carbocycles. The number of hydrogen-bond donors (Lipinski definition) is 1. The minimum Gasteiger partial charge on any atom is -0.395 e. The summed E-state index contributed by atoms with van der Waals surface area (Å²) >= 11 is 0. The van der Waals surface area contributed by atoms with Crippen LogP contribution in [-0.4, -0.2) is 59.8 Å². The molecule has 16 heavy (non-hydrogen) atoms. The van der Waals surface area contributed by atoms with Gasteiger partial charge in [-0.2, -0.15) is 0 Å². The number of aliphatic hydroxyl groups is 1. The van der Waals surface area contributed by atoms with Crippen LogP contribution in [0.5, 0.6) is 0 Å². The molecule has 3 nitrogen and oxygen atoms in total. The topological polar surface area (TPSA) is 26.7 Å². The summed E-state index contributed by atoms with van der Waals surface area (Å²) in [5, 5.41) is 9.35. The van der Waals surface area contributed by atoms with E-state index in [2.05, 4.69) is 16.7 Å². The minimum atomic E-state index is 0.356. The number of likely N-dealkylation sites (tertiary alicyclic amines) is 2. The molecule has 0 amide bonds. The van der Waals surface area contributed by atoms with Gasteiger partial charge in [-0.3, -0.25) is 4.90 Å². The van der Waals surface area contributed by atoms with Gasteiger partial charge in [-0.1, -0.05) is 6.92 Å². The summed E-state index contributed by atoms with van der Waals surface area (Å²) in [6.45, 7) is 7.60. The van der Waals surface area contributed by atoms with Crippen molar-refractivity contribution < 1.29 is 5.11 Å². The molecule has 0 aromatic carbocycles. The van der Waals surface area contributed by atoms with Crippen molar-refractivity contribution in [1.82, 2.24) is 9.80 Å². The predicted molar refractivity (Wildman–Crippen MR) is 66.6 cm³/mol. The van der Waals surface area contributed by atoms with Crippen LogP contribution in [0.4, 0.5) is 0 Å². The fourth-order valence-electron chi connectivity index (χ4n) is 3.33. The summed E-state index contributed by atoms with van der Waals surface area (Å²) < 4.78 is 0. The fourth-order valence-corrected chi connectivity index (χ4v) is 3.33. The Morgan fingerprint density at radius 2 is 1.88 bits per heavy atom. The van der Waals surface area contributed by atoms with Crippen LogP contribution in [-0.2, 0) is 0 Å². The van der Waals surface area contributed by atoms with Crippen LogP contribution in [0.2, 0.25) is 0 Å². The molecular weight excluding hydrogens is 200 g/mol. The van der Waals surface area contributed by atoms with Crippen molar-refractivity contribution in [2.24, 2.45) is 0 Å². The van der Waals surface area contributed by atoms with E-state index >= 15 is 0 Å². The smallest absolute Gasteiger partial charge is 0.0586 e. The molecule has 1 N–H and O–H groups in total. The summed E-state index contributed by atoms with van der Waals surface area (Å²) in [5.41, 5.74) is 0. The minimum absolute atomic E-state index is 0.356. The second-order valence-corrected chi connectivity index (χ2v) is 5.29. The van der Waals surface area contributed by atoms with Crippen molar-refractivity contribution >= 4 is 0 Å². The zero-order valence-electron chi connectivity index (χ0n) is 10.6. The van der Waals surface area contributed by atoms with Crippen LogP contribution in [0, 0.1) is 0 Å². The molecule has 2 rings (SSSR count). The quantitative estimate of drug-likeness (QED) is 0.783. The van der Waals surface area contributed by atoms with Gasteiger partial charge in [0.25, 0.3) is 0 Å². The van der Waals surface area contributed by atoms with Gasteiger partial charge in [0.2, 0.25) is 0 Å². The second kappa shape index (κ2) is 5.99. The van der Waals surface area contributed by atoms with Gasteiger partial charge < -0.3 is 10.0 Å². The van der Waals surface area contributed by atoms with Crippen LogP contribution >= 0.6 is 0 Å².